The predicted molar refractivity (Wildman–Crippen MR) is 118 cm³/mol. The van der Waals surface area contributed by atoms with Crippen LogP contribution in [0.2, 0.25) is 0 Å². The van der Waals surface area contributed by atoms with Crippen molar-refractivity contribution in [2.45, 2.75) is 6.04 Å². The number of H-pyrrole nitrogens is 1. The number of aromatic nitrogens is 3. The second kappa shape index (κ2) is 7.42. The van der Waals surface area contributed by atoms with Gasteiger partial charge in [0, 0.05) is 27.5 Å². The Bertz CT molecular complexity index is 1200. The van der Waals surface area contributed by atoms with Crippen LogP contribution in [0.4, 0.5) is 5.69 Å². The summed E-state index contributed by atoms with van der Waals surface area (Å²) in [6, 6.07) is 20.7. The summed E-state index contributed by atoms with van der Waals surface area (Å²) in [4.78, 5) is 19.7. The maximum atomic E-state index is 13.4. The van der Waals surface area contributed by atoms with Crippen molar-refractivity contribution in [1.82, 2.24) is 15.2 Å². The number of pyridine rings is 1. The summed E-state index contributed by atoms with van der Waals surface area (Å²) in [6.45, 7) is 0. The van der Waals surface area contributed by atoms with Crippen molar-refractivity contribution in [2.24, 2.45) is 0 Å². The summed E-state index contributed by atoms with van der Waals surface area (Å²) in [5.74, 6) is 0.634. The van der Waals surface area contributed by atoms with E-state index in [4.69, 9.17) is 4.74 Å². The highest BCUT2D eigenvalue weighted by atomic mass is 79.9. The molecule has 0 saturated heterocycles. The van der Waals surface area contributed by atoms with Gasteiger partial charge in [-0.15, -0.1) is 0 Å². The molecular weight excluding hydrogens is 444 g/mol. The standard InChI is InChI=1S/C23H17BrN4O2/c1-30-17-11-5-14(6-12-17)20-19-21(27-26-20)23(29)28(16-9-7-15(24)8-10-16)22(19)18-4-2-3-13-25-18/h2-13,22H,1H3,(H,26,27)/t22-/m0/s1. The highest BCUT2D eigenvalue weighted by molar-refractivity contribution is 9.10. The molecule has 6 nitrogen and oxygen atoms in total. The first-order valence-corrected chi connectivity index (χ1v) is 10.2. The molecule has 7 heteroatoms. The second-order valence-corrected chi connectivity index (χ2v) is 7.81. The second-order valence-electron chi connectivity index (χ2n) is 6.90. The largest absolute Gasteiger partial charge is 0.497 e. The van der Waals surface area contributed by atoms with E-state index in [0.29, 0.717) is 5.69 Å². The van der Waals surface area contributed by atoms with Crippen LogP contribution < -0.4 is 9.64 Å². The number of benzene rings is 2. The molecular formula is C23H17BrN4O2. The number of nitrogens with zero attached hydrogens (tertiary/aromatic N) is 3. The molecule has 0 saturated carbocycles. The van der Waals surface area contributed by atoms with Crippen LogP contribution >= 0.6 is 15.9 Å². The maximum absolute atomic E-state index is 13.4. The van der Waals surface area contributed by atoms with Crippen molar-refractivity contribution in [2.75, 3.05) is 12.0 Å². The Labute approximate surface area is 181 Å². The number of carbonyl (C=O) groups excluding carboxylic acids is 1. The molecule has 0 aliphatic carbocycles. The first-order valence-electron chi connectivity index (χ1n) is 9.40. The third kappa shape index (κ3) is 2.98. The van der Waals surface area contributed by atoms with E-state index in [1.807, 2.05) is 66.7 Å². The van der Waals surface area contributed by atoms with Crippen molar-refractivity contribution in [3.8, 4) is 17.0 Å². The number of nitrogens with one attached hydrogen (secondary N) is 1. The monoisotopic (exact) mass is 460 g/mol. The van der Waals surface area contributed by atoms with Gasteiger partial charge in [-0.3, -0.25) is 19.8 Å². The van der Waals surface area contributed by atoms with E-state index in [-0.39, 0.29) is 11.9 Å². The summed E-state index contributed by atoms with van der Waals surface area (Å²) in [5, 5.41) is 7.45. The zero-order chi connectivity index (χ0) is 20.7. The lowest BCUT2D eigenvalue weighted by Gasteiger charge is -2.25. The third-order valence-electron chi connectivity index (χ3n) is 5.20. The van der Waals surface area contributed by atoms with E-state index in [1.165, 1.54) is 0 Å². The van der Waals surface area contributed by atoms with Crippen LogP contribution in [0.1, 0.15) is 27.8 Å². The van der Waals surface area contributed by atoms with E-state index in [2.05, 4.69) is 31.1 Å². The number of carbonyl (C=O) groups is 1. The van der Waals surface area contributed by atoms with Crippen molar-refractivity contribution in [3.63, 3.8) is 0 Å². The molecule has 4 aromatic rings. The average Bonchev–Trinajstić information content (AvgIpc) is 3.34. The fourth-order valence-corrected chi connectivity index (χ4v) is 4.07. The Morgan fingerprint density at radius 3 is 2.47 bits per heavy atom. The highest BCUT2D eigenvalue weighted by Crippen LogP contribution is 2.44. The Kier molecular flexibility index (Phi) is 4.59. The van der Waals surface area contributed by atoms with E-state index in [9.17, 15) is 4.79 Å². The zero-order valence-corrected chi connectivity index (χ0v) is 17.6. The molecule has 1 aliphatic rings. The first kappa shape index (κ1) is 18.6. The first-order chi connectivity index (χ1) is 14.7. The smallest absolute Gasteiger partial charge is 0.277 e. The number of amides is 1. The van der Waals surface area contributed by atoms with Crippen LogP contribution in [0, 0.1) is 0 Å². The lowest BCUT2D eigenvalue weighted by atomic mass is 9.99. The van der Waals surface area contributed by atoms with E-state index >= 15 is 0 Å². The maximum Gasteiger partial charge on any atom is 0.277 e. The van der Waals surface area contributed by atoms with Gasteiger partial charge in [0.25, 0.3) is 5.91 Å². The molecule has 1 N–H and O–H groups in total. The quantitative estimate of drug-likeness (QED) is 0.465. The number of ether oxygens (including phenoxy) is 1. The fourth-order valence-electron chi connectivity index (χ4n) is 3.80. The molecule has 2 aromatic heterocycles. The van der Waals surface area contributed by atoms with Crippen molar-refractivity contribution in [1.29, 1.82) is 0 Å². The minimum atomic E-state index is -0.384. The predicted octanol–water partition coefficient (Wildman–Crippen LogP) is 4.99. The van der Waals surface area contributed by atoms with Gasteiger partial charge in [0.15, 0.2) is 0 Å². The number of halogens is 1. The van der Waals surface area contributed by atoms with Gasteiger partial charge >= 0.3 is 0 Å². The van der Waals surface area contributed by atoms with Crippen LogP contribution in [0.25, 0.3) is 11.3 Å². The Balaban J connectivity index is 1.69. The number of hydrogen-bond acceptors (Lipinski definition) is 4. The molecule has 2 aromatic carbocycles. The molecule has 5 rings (SSSR count). The molecule has 1 amide bonds. The summed E-state index contributed by atoms with van der Waals surface area (Å²) < 4.78 is 6.22. The van der Waals surface area contributed by atoms with Gasteiger partial charge in [-0.25, -0.2) is 0 Å². The summed E-state index contributed by atoms with van der Waals surface area (Å²) in [5.41, 5.74) is 4.52. The number of fused-ring (bicyclic) bond motifs is 1. The van der Waals surface area contributed by atoms with Gasteiger partial charge in [-0.05, 0) is 60.7 Å². The molecule has 0 radical (unpaired) electrons. The molecule has 30 heavy (non-hydrogen) atoms. The zero-order valence-electron chi connectivity index (χ0n) is 16.0. The lowest BCUT2D eigenvalue weighted by molar-refractivity contribution is 0.0988. The summed E-state index contributed by atoms with van der Waals surface area (Å²) >= 11 is 3.46. The summed E-state index contributed by atoms with van der Waals surface area (Å²) in [6.07, 6.45) is 1.74. The van der Waals surface area contributed by atoms with E-state index < -0.39 is 0 Å². The Hall–Kier alpha value is -3.45. The summed E-state index contributed by atoms with van der Waals surface area (Å²) in [7, 11) is 1.63. The van der Waals surface area contributed by atoms with Gasteiger partial charge in [0.2, 0.25) is 0 Å². The molecule has 0 spiro atoms. The van der Waals surface area contributed by atoms with Crippen LogP contribution in [-0.4, -0.2) is 28.2 Å². The van der Waals surface area contributed by atoms with E-state index in [1.54, 1.807) is 18.2 Å². The lowest BCUT2D eigenvalue weighted by Crippen LogP contribution is -2.29. The minimum Gasteiger partial charge on any atom is -0.497 e. The molecule has 1 aliphatic heterocycles. The fraction of sp³-hybridized carbons (Fsp3) is 0.0870. The molecule has 148 valence electrons. The van der Waals surface area contributed by atoms with Crippen LogP contribution in [0.3, 0.4) is 0 Å². The number of aromatic amines is 1. The van der Waals surface area contributed by atoms with Crippen molar-refractivity contribution >= 4 is 27.5 Å². The normalized spacial score (nSPS) is 15.3. The third-order valence-corrected chi connectivity index (χ3v) is 5.73. The van der Waals surface area contributed by atoms with Gasteiger partial charge in [-0.1, -0.05) is 22.0 Å². The number of anilines is 1. The Morgan fingerprint density at radius 1 is 1.03 bits per heavy atom. The molecule has 0 unspecified atom stereocenters. The molecule has 1 atom stereocenters. The van der Waals surface area contributed by atoms with Crippen molar-refractivity contribution < 1.29 is 9.53 Å². The Morgan fingerprint density at radius 2 is 1.80 bits per heavy atom. The molecule has 3 heterocycles. The molecule has 0 fully saturated rings. The van der Waals surface area contributed by atoms with Crippen molar-refractivity contribution in [3.05, 3.63) is 94.4 Å². The van der Waals surface area contributed by atoms with Crippen LogP contribution in [0.15, 0.2) is 77.4 Å². The van der Waals surface area contributed by atoms with E-state index in [0.717, 1.165) is 38.4 Å². The topological polar surface area (TPSA) is 71.1 Å². The van der Waals surface area contributed by atoms with Crippen LogP contribution in [-0.2, 0) is 0 Å². The molecule has 0 bridgehead atoms. The van der Waals surface area contributed by atoms with Gasteiger partial charge in [-0.2, -0.15) is 5.10 Å². The number of hydrogen-bond donors (Lipinski definition) is 1. The number of rotatable bonds is 4. The SMILES string of the molecule is COc1ccc(-c2n[nH]c3c2[C@H](c2ccccn2)N(c2ccc(Br)cc2)C3=O)cc1. The van der Waals surface area contributed by atoms with Gasteiger partial charge < -0.3 is 4.74 Å². The number of methoxy groups -OCH3 is 1. The highest BCUT2D eigenvalue weighted by Gasteiger charge is 2.43. The van der Waals surface area contributed by atoms with Gasteiger partial charge in [0.1, 0.15) is 17.5 Å². The minimum absolute atomic E-state index is 0.129. The average molecular weight is 461 g/mol. The van der Waals surface area contributed by atoms with Gasteiger partial charge in [0.05, 0.1) is 18.5 Å². The van der Waals surface area contributed by atoms with Crippen LogP contribution in [0.5, 0.6) is 5.75 Å².